The summed E-state index contributed by atoms with van der Waals surface area (Å²) in [6, 6.07) is 4.85. The third-order valence-electron chi connectivity index (χ3n) is 3.90. The number of nitrogens with two attached hydrogens (primary N) is 1. The molecule has 3 atom stereocenters. The number of nitrogens with zero attached hydrogens (tertiary/aromatic N) is 3. The maximum Gasteiger partial charge on any atom is 0.146 e. The van der Waals surface area contributed by atoms with Crippen LogP contribution in [0.2, 0.25) is 0 Å². The van der Waals surface area contributed by atoms with Gasteiger partial charge in [0.05, 0.1) is 32.8 Å². The quantitative estimate of drug-likeness (QED) is 0.805. The standard InChI is InChI=1S/C14H18BrFN4OS/c1-13(8-17)6-3-7-19-22(13,21)9-14(2,18)12-10(16)4-5-11(15)20-12/h4-5H,3,6-7,9,18H2,1-2H3/t13-,14-,22-/m0/s1. The number of halogens is 2. The highest BCUT2D eigenvalue weighted by Crippen LogP contribution is 2.34. The van der Waals surface area contributed by atoms with Crippen LogP contribution in [0.15, 0.2) is 21.1 Å². The van der Waals surface area contributed by atoms with Crippen LogP contribution in [0.4, 0.5) is 4.39 Å². The van der Waals surface area contributed by atoms with Crippen molar-refractivity contribution in [1.29, 1.82) is 5.26 Å². The Morgan fingerprint density at radius 1 is 1.64 bits per heavy atom. The van der Waals surface area contributed by atoms with E-state index in [2.05, 4.69) is 31.3 Å². The number of rotatable bonds is 3. The number of hydrogen-bond donors (Lipinski definition) is 1. The van der Waals surface area contributed by atoms with Crippen molar-refractivity contribution in [2.24, 2.45) is 10.1 Å². The van der Waals surface area contributed by atoms with Crippen LogP contribution in [0.25, 0.3) is 0 Å². The van der Waals surface area contributed by atoms with Crippen molar-refractivity contribution < 1.29 is 8.60 Å². The van der Waals surface area contributed by atoms with Crippen LogP contribution < -0.4 is 5.73 Å². The van der Waals surface area contributed by atoms with Gasteiger partial charge in [-0.1, -0.05) is 0 Å². The van der Waals surface area contributed by atoms with Gasteiger partial charge in [-0.25, -0.2) is 17.9 Å². The van der Waals surface area contributed by atoms with Crippen LogP contribution in [0.3, 0.4) is 0 Å². The maximum atomic E-state index is 14.1. The van der Waals surface area contributed by atoms with Gasteiger partial charge < -0.3 is 5.73 Å². The maximum absolute atomic E-state index is 14.1. The molecule has 1 aromatic heterocycles. The van der Waals surface area contributed by atoms with E-state index >= 15 is 0 Å². The highest BCUT2D eigenvalue weighted by molar-refractivity contribution is 9.10. The Kier molecular flexibility index (Phi) is 4.62. The number of pyridine rings is 1. The summed E-state index contributed by atoms with van der Waals surface area (Å²) < 4.78 is 30.9. The minimum absolute atomic E-state index is 0.0191. The van der Waals surface area contributed by atoms with Gasteiger partial charge in [-0.3, -0.25) is 0 Å². The molecular weight excluding hydrogens is 371 g/mol. The molecule has 0 saturated carbocycles. The molecule has 0 spiro atoms. The van der Waals surface area contributed by atoms with Crippen molar-refractivity contribution in [2.75, 3.05) is 12.3 Å². The van der Waals surface area contributed by atoms with Crippen molar-refractivity contribution in [3.63, 3.8) is 0 Å². The van der Waals surface area contributed by atoms with Crippen LogP contribution in [-0.4, -0.2) is 26.2 Å². The second kappa shape index (κ2) is 5.87. The van der Waals surface area contributed by atoms with E-state index in [4.69, 9.17) is 5.73 Å². The fourth-order valence-corrected chi connectivity index (χ4v) is 5.54. The molecule has 8 heteroatoms. The largest absolute Gasteiger partial charge is 0.319 e. The Bertz CT molecular complexity index is 752. The van der Waals surface area contributed by atoms with Crippen molar-refractivity contribution in [3.8, 4) is 6.07 Å². The van der Waals surface area contributed by atoms with E-state index in [9.17, 15) is 13.9 Å². The summed E-state index contributed by atoms with van der Waals surface area (Å²) in [5.41, 5.74) is 4.96. The van der Waals surface area contributed by atoms with Gasteiger partial charge in [-0.05, 0) is 54.8 Å². The Balaban J connectivity index is 2.48. The van der Waals surface area contributed by atoms with E-state index in [1.165, 1.54) is 12.1 Å². The minimum Gasteiger partial charge on any atom is -0.319 e. The van der Waals surface area contributed by atoms with Crippen molar-refractivity contribution in [1.82, 2.24) is 4.98 Å². The average molecular weight is 389 g/mol. The summed E-state index contributed by atoms with van der Waals surface area (Å²) in [6.07, 6.45) is 1.21. The van der Waals surface area contributed by atoms with E-state index in [1.807, 2.05) is 0 Å². The zero-order chi connectivity index (χ0) is 16.6. The highest BCUT2D eigenvalue weighted by Gasteiger charge is 2.44. The number of hydrogen-bond acceptors (Lipinski definition) is 5. The molecule has 1 aromatic rings. The molecule has 0 amide bonds. The molecule has 2 rings (SSSR count). The molecule has 1 aliphatic heterocycles. The van der Waals surface area contributed by atoms with Crippen molar-refractivity contribution in [2.45, 2.75) is 37.0 Å². The van der Waals surface area contributed by atoms with E-state index in [1.54, 1.807) is 13.8 Å². The first-order valence-electron chi connectivity index (χ1n) is 6.86. The Morgan fingerprint density at radius 3 is 2.95 bits per heavy atom. The second-order valence-electron chi connectivity index (χ2n) is 5.97. The molecule has 0 fully saturated rings. The molecule has 0 radical (unpaired) electrons. The lowest BCUT2D eigenvalue weighted by atomic mass is 10.0. The predicted octanol–water partition coefficient (Wildman–Crippen LogP) is 2.70. The summed E-state index contributed by atoms with van der Waals surface area (Å²) in [5.74, 6) is -0.671. The van der Waals surface area contributed by atoms with Gasteiger partial charge in [-0.15, -0.1) is 0 Å². The average Bonchev–Trinajstić information content (AvgIpc) is 2.44. The molecule has 0 aliphatic carbocycles. The third kappa shape index (κ3) is 3.03. The molecule has 0 unspecified atom stereocenters. The lowest BCUT2D eigenvalue weighted by Crippen LogP contribution is -2.49. The lowest BCUT2D eigenvalue weighted by molar-refractivity contribution is 0.475. The first kappa shape index (κ1) is 17.3. The molecule has 5 nitrogen and oxygen atoms in total. The third-order valence-corrected chi connectivity index (χ3v) is 7.64. The molecule has 0 bridgehead atoms. The van der Waals surface area contributed by atoms with Crippen molar-refractivity contribution in [3.05, 3.63) is 28.2 Å². The zero-order valence-electron chi connectivity index (χ0n) is 12.5. The van der Waals surface area contributed by atoms with Crippen LogP contribution in [0.5, 0.6) is 0 Å². The molecular formula is C14H18BrFN4OS. The SMILES string of the molecule is C[C@](N)(C[S@@]1(=O)=NCCC[C@@]1(C)C#N)c1nc(Br)ccc1F. The van der Waals surface area contributed by atoms with Gasteiger partial charge in [0.15, 0.2) is 0 Å². The summed E-state index contributed by atoms with van der Waals surface area (Å²) in [7, 11) is -2.90. The van der Waals surface area contributed by atoms with Gasteiger partial charge in [-0.2, -0.15) is 5.26 Å². The molecule has 0 saturated heterocycles. The van der Waals surface area contributed by atoms with E-state index < -0.39 is 25.8 Å². The molecule has 0 aromatic carbocycles. The van der Waals surface area contributed by atoms with Gasteiger partial charge in [0.25, 0.3) is 0 Å². The smallest absolute Gasteiger partial charge is 0.146 e. The summed E-state index contributed by atoms with van der Waals surface area (Å²) in [5, 5.41) is 9.42. The van der Waals surface area contributed by atoms with Crippen LogP contribution in [-0.2, 0) is 15.3 Å². The molecule has 22 heavy (non-hydrogen) atoms. The summed E-state index contributed by atoms with van der Waals surface area (Å²) >= 11 is 3.18. The second-order valence-corrected chi connectivity index (χ2v) is 9.51. The first-order valence-corrected chi connectivity index (χ1v) is 9.34. The fraction of sp³-hybridized carbons (Fsp3) is 0.571. The minimum atomic E-state index is -2.90. The molecule has 120 valence electrons. The normalized spacial score (nSPS) is 30.9. The van der Waals surface area contributed by atoms with Gasteiger partial charge in [0.1, 0.15) is 15.2 Å². The van der Waals surface area contributed by atoms with Crippen LogP contribution in [0, 0.1) is 17.1 Å². The zero-order valence-corrected chi connectivity index (χ0v) is 14.9. The van der Waals surface area contributed by atoms with Gasteiger partial charge >= 0.3 is 0 Å². The van der Waals surface area contributed by atoms with E-state index in [0.29, 0.717) is 24.0 Å². The summed E-state index contributed by atoms with van der Waals surface area (Å²) in [6.45, 7) is 3.64. The first-order chi connectivity index (χ1) is 10.1. The predicted molar refractivity (Wildman–Crippen MR) is 87.0 cm³/mol. The van der Waals surface area contributed by atoms with E-state index in [-0.39, 0.29) is 11.4 Å². The van der Waals surface area contributed by atoms with Crippen molar-refractivity contribution >= 4 is 25.7 Å². The number of aromatic nitrogens is 1. The van der Waals surface area contributed by atoms with Gasteiger partial charge in [0, 0.05) is 6.54 Å². The Morgan fingerprint density at radius 2 is 2.32 bits per heavy atom. The molecule has 2 N–H and O–H groups in total. The van der Waals surface area contributed by atoms with Gasteiger partial charge in [0.2, 0.25) is 0 Å². The monoisotopic (exact) mass is 388 g/mol. The Hall–Kier alpha value is -1.04. The lowest BCUT2D eigenvalue weighted by Gasteiger charge is -2.34. The topological polar surface area (TPSA) is 92.1 Å². The molecule has 1 aliphatic rings. The van der Waals surface area contributed by atoms with Crippen LogP contribution >= 0.6 is 15.9 Å². The highest BCUT2D eigenvalue weighted by atomic mass is 79.9. The Labute approximate surface area is 138 Å². The summed E-state index contributed by atoms with van der Waals surface area (Å²) in [4.78, 5) is 4.08. The van der Waals surface area contributed by atoms with Crippen LogP contribution in [0.1, 0.15) is 32.4 Å². The number of nitriles is 1. The molecule has 2 heterocycles. The van der Waals surface area contributed by atoms with E-state index in [0.717, 1.165) is 0 Å². The fourth-order valence-electron chi connectivity index (χ4n) is 2.56.